The van der Waals surface area contributed by atoms with Crippen LogP contribution in [0.25, 0.3) is 21.9 Å². The van der Waals surface area contributed by atoms with Gasteiger partial charge in [-0.1, -0.05) is 48.0 Å². The van der Waals surface area contributed by atoms with Gasteiger partial charge in [-0.3, -0.25) is 0 Å². The molecule has 0 amide bonds. The molecule has 4 aliphatic rings. The molecule has 2 heteroatoms. The van der Waals surface area contributed by atoms with Gasteiger partial charge in [0.15, 0.2) is 0 Å². The lowest BCUT2D eigenvalue weighted by Gasteiger charge is -2.59. The van der Waals surface area contributed by atoms with Crippen LogP contribution in [0.5, 0.6) is 0 Å². The Morgan fingerprint density at radius 1 is 0.750 bits per heavy atom. The lowest BCUT2D eigenvalue weighted by Crippen LogP contribution is -2.55. The quantitative estimate of drug-likeness (QED) is 0.511. The minimum Gasteiger partial charge on any atom is -0.385 e. The van der Waals surface area contributed by atoms with Crippen molar-refractivity contribution in [3.63, 3.8) is 0 Å². The molecule has 0 aliphatic heterocycles. The smallest absolute Gasteiger partial charge is 0.0959 e. The molecule has 0 aromatic heterocycles. The Hall–Kier alpha value is -1.83. The molecule has 7 rings (SSSR count). The number of benzene rings is 3. The summed E-state index contributed by atoms with van der Waals surface area (Å²) in [6, 6.07) is 21.1. The first-order chi connectivity index (χ1) is 13.6. The van der Waals surface area contributed by atoms with E-state index in [2.05, 4.69) is 42.5 Å². The Bertz CT molecular complexity index is 1040. The summed E-state index contributed by atoms with van der Waals surface area (Å²) in [5.74, 6) is 2.45. The Balaban J connectivity index is 1.60. The summed E-state index contributed by atoms with van der Waals surface area (Å²) >= 11 is 6.34. The minimum atomic E-state index is -0.713. The fourth-order valence-electron chi connectivity index (χ4n) is 6.81. The second-order valence-corrected chi connectivity index (χ2v) is 9.82. The summed E-state index contributed by atoms with van der Waals surface area (Å²) in [7, 11) is 0. The van der Waals surface area contributed by atoms with E-state index in [0.29, 0.717) is 11.8 Å². The molecule has 4 fully saturated rings. The summed E-state index contributed by atoms with van der Waals surface area (Å²) in [5.41, 5.74) is 2.67. The number of fused-ring (bicyclic) bond motifs is 1. The minimum absolute atomic E-state index is 0.392. The zero-order chi connectivity index (χ0) is 18.9. The molecular weight excluding hydrogens is 364 g/mol. The van der Waals surface area contributed by atoms with E-state index in [1.165, 1.54) is 42.9 Å². The summed E-state index contributed by atoms with van der Waals surface area (Å²) in [6.07, 6.45) is 6.13. The lowest BCUT2D eigenvalue weighted by molar-refractivity contribution is -0.179. The highest BCUT2D eigenvalue weighted by atomic mass is 35.5. The zero-order valence-electron chi connectivity index (χ0n) is 15.9. The Labute approximate surface area is 171 Å². The fourth-order valence-corrected chi connectivity index (χ4v) is 7.00. The first kappa shape index (κ1) is 17.1. The Morgan fingerprint density at radius 3 is 2.04 bits per heavy atom. The molecule has 3 aromatic rings. The molecule has 1 nitrogen and oxygen atoms in total. The monoisotopic (exact) mass is 388 g/mol. The first-order valence-electron chi connectivity index (χ1n) is 10.6. The van der Waals surface area contributed by atoms with E-state index in [1.54, 1.807) is 0 Å². The number of rotatable bonds is 2. The van der Waals surface area contributed by atoms with Gasteiger partial charge in [0.2, 0.25) is 0 Å². The van der Waals surface area contributed by atoms with Crippen molar-refractivity contribution < 1.29 is 5.11 Å². The van der Waals surface area contributed by atoms with Crippen molar-refractivity contribution in [2.45, 2.75) is 37.7 Å². The largest absolute Gasteiger partial charge is 0.385 e. The second kappa shape index (κ2) is 6.08. The first-order valence-corrected chi connectivity index (χ1v) is 11.0. The van der Waals surface area contributed by atoms with Crippen LogP contribution in [0.2, 0.25) is 5.02 Å². The van der Waals surface area contributed by atoms with Crippen LogP contribution in [0.15, 0.2) is 60.7 Å². The van der Waals surface area contributed by atoms with Gasteiger partial charge in [-0.05, 0) is 108 Å². The molecular formula is C26H25ClO. The summed E-state index contributed by atoms with van der Waals surface area (Å²) in [5, 5.41) is 15.5. The molecule has 28 heavy (non-hydrogen) atoms. The van der Waals surface area contributed by atoms with E-state index < -0.39 is 5.60 Å². The third-order valence-corrected chi connectivity index (χ3v) is 8.07. The predicted octanol–water partition coefficient (Wildman–Crippen LogP) is 6.80. The van der Waals surface area contributed by atoms with E-state index in [9.17, 15) is 5.11 Å². The van der Waals surface area contributed by atoms with Crippen LogP contribution < -0.4 is 0 Å². The average molecular weight is 389 g/mol. The summed E-state index contributed by atoms with van der Waals surface area (Å²) in [6.45, 7) is 0. The van der Waals surface area contributed by atoms with Crippen LogP contribution in [-0.2, 0) is 5.60 Å². The van der Waals surface area contributed by atoms with Crippen molar-refractivity contribution in [3.05, 3.63) is 71.2 Å². The van der Waals surface area contributed by atoms with E-state index in [0.717, 1.165) is 33.5 Å². The summed E-state index contributed by atoms with van der Waals surface area (Å²) < 4.78 is 0. The van der Waals surface area contributed by atoms with Crippen LogP contribution in [-0.4, -0.2) is 5.11 Å². The molecule has 142 valence electrons. The van der Waals surface area contributed by atoms with Gasteiger partial charge in [-0.25, -0.2) is 0 Å². The molecule has 1 N–H and O–H groups in total. The Morgan fingerprint density at radius 2 is 1.39 bits per heavy atom. The molecule has 3 aromatic carbocycles. The van der Waals surface area contributed by atoms with Gasteiger partial charge in [-0.2, -0.15) is 0 Å². The number of halogens is 1. The van der Waals surface area contributed by atoms with Gasteiger partial charge in [0.25, 0.3) is 0 Å². The molecule has 0 atom stereocenters. The van der Waals surface area contributed by atoms with E-state index in [-0.39, 0.29) is 0 Å². The number of hydrogen-bond acceptors (Lipinski definition) is 1. The van der Waals surface area contributed by atoms with Crippen molar-refractivity contribution in [2.75, 3.05) is 0 Å². The van der Waals surface area contributed by atoms with Crippen LogP contribution in [0.3, 0.4) is 0 Å². The molecule has 4 bridgehead atoms. The maximum atomic E-state index is 12.3. The summed E-state index contributed by atoms with van der Waals surface area (Å²) in [4.78, 5) is 0. The van der Waals surface area contributed by atoms with Crippen molar-refractivity contribution in [1.82, 2.24) is 0 Å². The van der Waals surface area contributed by atoms with E-state index in [4.69, 9.17) is 11.6 Å². The SMILES string of the molecule is OC1(c2cc3ccccc3cc2-c2cccc(Cl)c2)C2CC3CC(C2)CC1C3. The van der Waals surface area contributed by atoms with E-state index >= 15 is 0 Å². The van der Waals surface area contributed by atoms with Crippen LogP contribution in [0.1, 0.15) is 37.7 Å². The number of aliphatic hydroxyl groups is 1. The molecule has 4 saturated carbocycles. The molecule has 0 spiro atoms. The highest BCUT2D eigenvalue weighted by Crippen LogP contribution is 2.62. The lowest BCUT2D eigenvalue weighted by atomic mass is 9.48. The zero-order valence-corrected chi connectivity index (χ0v) is 16.7. The van der Waals surface area contributed by atoms with Crippen LogP contribution >= 0.6 is 11.6 Å². The molecule has 4 aliphatic carbocycles. The average Bonchev–Trinajstić information content (AvgIpc) is 2.70. The molecule has 0 radical (unpaired) electrons. The number of hydrogen-bond donors (Lipinski definition) is 1. The van der Waals surface area contributed by atoms with Crippen molar-refractivity contribution >= 4 is 22.4 Å². The maximum absolute atomic E-state index is 12.3. The van der Waals surface area contributed by atoms with Crippen molar-refractivity contribution in [3.8, 4) is 11.1 Å². The van der Waals surface area contributed by atoms with Crippen molar-refractivity contribution in [1.29, 1.82) is 0 Å². The fraction of sp³-hybridized carbons (Fsp3) is 0.385. The highest BCUT2D eigenvalue weighted by Gasteiger charge is 2.57. The van der Waals surface area contributed by atoms with Crippen molar-refractivity contribution in [2.24, 2.45) is 23.7 Å². The van der Waals surface area contributed by atoms with E-state index in [1.807, 2.05) is 18.2 Å². The normalized spacial score (nSPS) is 33.5. The van der Waals surface area contributed by atoms with Gasteiger partial charge < -0.3 is 5.11 Å². The third-order valence-electron chi connectivity index (χ3n) is 7.84. The topological polar surface area (TPSA) is 20.2 Å². The predicted molar refractivity (Wildman–Crippen MR) is 115 cm³/mol. The van der Waals surface area contributed by atoms with Crippen LogP contribution in [0, 0.1) is 23.7 Å². The molecule has 0 heterocycles. The second-order valence-electron chi connectivity index (χ2n) is 9.39. The third kappa shape index (κ3) is 2.42. The standard InChI is InChI=1S/C26H25ClO/c27-23-7-3-6-20(13-23)24-14-18-4-1-2-5-19(18)15-25(24)26(28)21-9-16-8-17(11-21)12-22(26)10-16/h1-7,13-17,21-22,28H,8-12H2. The van der Waals surface area contributed by atoms with Gasteiger partial charge in [-0.15, -0.1) is 0 Å². The molecule has 0 saturated heterocycles. The Kier molecular flexibility index (Phi) is 3.71. The molecule has 0 unspecified atom stereocenters. The van der Waals surface area contributed by atoms with Crippen LogP contribution in [0.4, 0.5) is 0 Å². The van der Waals surface area contributed by atoms with Gasteiger partial charge >= 0.3 is 0 Å². The van der Waals surface area contributed by atoms with Gasteiger partial charge in [0.05, 0.1) is 5.60 Å². The maximum Gasteiger partial charge on any atom is 0.0959 e. The van der Waals surface area contributed by atoms with Gasteiger partial charge in [0.1, 0.15) is 0 Å². The highest BCUT2D eigenvalue weighted by molar-refractivity contribution is 6.30. The van der Waals surface area contributed by atoms with Gasteiger partial charge in [0, 0.05) is 5.02 Å².